The molecule has 1 heterocycles. The van der Waals surface area contributed by atoms with Gasteiger partial charge in [-0.15, -0.1) is 0 Å². The highest BCUT2D eigenvalue weighted by molar-refractivity contribution is 4.94. The standard InChI is InChI=1S/C13H25N3/c1-11(2)16-10-12(6-8-14)15(5)9-7-13(16,3)4/h11-12H,6-7,9-10H2,1-5H3. The minimum absolute atomic E-state index is 0.243. The average Bonchev–Trinajstić information content (AvgIpc) is 2.29. The lowest BCUT2D eigenvalue weighted by Gasteiger charge is -2.40. The van der Waals surface area contributed by atoms with E-state index in [9.17, 15) is 0 Å². The molecule has 0 N–H and O–H groups in total. The molecule has 0 aliphatic carbocycles. The monoisotopic (exact) mass is 223 g/mol. The molecule has 1 rings (SSSR count). The maximum atomic E-state index is 8.89. The van der Waals surface area contributed by atoms with E-state index >= 15 is 0 Å². The summed E-state index contributed by atoms with van der Waals surface area (Å²) in [5.41, 5.74) is 0.243. The largest absolute Gasteiger partial charge is 0.301 e. The van der Waals surface area contributed by atoms with E-state index in [4.69, 9.17) is 5.26 Å². The molecule has 1 fully saturated rings. The maximum Gasteiger partial charge on any atom is 0.0638 e. The van der Waals surface area contributed by atoms with Crippen LogP contribution in [0.25, 0.3) is 0 Å². The maximum absolute atomic E-state index is 8.89. The summed E-state index contributed by atoms with van der Waals surface area (Å²) >= 11 is 0. The second kappa shape index (κ2) is 5.16. The molecule has 0 amide bonds. The van der Waals surface area contributed by atoms with Crippen LogP contribution >= 0.6 is 0 Å². The van der Waals surface area contributed by atoms with E-state index < -0.39 is 0 Å². The molecule has 1 unspecified atom stereocenters. The van der Waals surface area contributed by atoms with Crippen molar-refractivity contribution in [2.45, 2.75) is 58.2 Å². The van der Waals surface area contributed by atoms with Crippen LogP contribution in [0.3, 0.4) is 0 Å². The Morgan fingerprint density at radius 3 is 2.56 bits per heavy atom. The summed E-state index contributed by atoms with van der Waals surface area (Å²) in [6.45, 7) is 11.2. The van der Waals surface area contributed by atoms with Crippen LogP contribution in [-0.2, 0) is 0 Å². The summed E-state index contributed by atoms with van der Waals surface area (Å²) in [4.78, 5) is 4.88. The fraction of sp³-hybridized carbons (Fsp3) is 0.923. The number of likely N-dealkylation sites (N-methyl/N-ethyl adjacent to an activating group) is 1. The van der Waals surface area contributed by atoms with Gasteiger partial charge in [0.1, 0.15) is 0 Å². The third kappa shape index (κ3) is 2.96. The Labute approximate surface area is 100 Å². The van der Waals surface area contributed by atoms with Gasteiger partial charge in [0.2, 0.25) is 0 Å². The van der Waals surface area contributed by atoms with Crippen molar-refractivity contribution in [3.05, 3.63) is 0 Å². The van der Waals surface area contributed by atoms with Crippen LogP contribution in [0.15, 0.2) is 0 Å². The molecule has 0 saturated carbocycles. The van der Waals surface area contributed by atoms with Crippen LogP contribution in [0.4, 0.5) is 0 Å². The molecule has 1 atom stereocenters. The Morgan fingerprint density at radius 1 is 1.44 bits per heavy atom. The Kier molecular flexibility index (Phi) is 4.35. The third-order valence-corrected chi connectivity index (χ3v) is 3.83. The highest BCUT2D eigenvalue weighted by atomic mass is 15.3. The summed E-state index contributed by atoms with van der Waals surface area (Å²) in [7, 11) is 2.14. The van der Waals surface area contributed by atoms with Gasteiger partial charge < -0.3 is 4.90 Å². The van der Waals surface area contributed by atoms with Crippen molar-refractivity contribution in [1.29, 1.82) is 5.26 Å². The predicted molar refractivity (Wildman–Crippen MR) is 67.2 cm³/mol. The van der Waals surface area contributed by atoms with E-state index in [0.717, 1.165) is 13.1 Å². The molecule has 0 aromatic rings. The molecular formula is C13H25N3. The molecule has 0 bridgehead atoms. The molecule has 1 aliphatic heterocycles. The summed E-state index contributed by atoms with van der Waals surface area (Å²) < 4.78 is 0. The smallest absolute Gasteiger partial charge is 0.0638 e. The van der Waals surface area contributed by atoms with Crippen molar-refractivity contribution in [3.8, 4) is 6.07 Å². The second-order valence-corrected chi connectivity index (χ2v) is 5.81. The fourth-order valence-electron chi connectivity index (χ4n) is 2.63. The van der Waals surface area contributed by atoms with E-state index in [2.05, 4.69) is 50.6 Å². The molecule has 3 heteroatoms. The Balaban J connectivity index is 2.84. The van der Waals surface area contributed by atoms with Gasteiger partial charge in [0.05, 0.1) is 12.5 Å². The van der Waals surface area contributed by atoms with Crippen molar-refractivity contribution >= 4 is 0 Å². The van der Waals surface area contributed by atoms with E-state index in [1.54, 1.807) is 0 Å². The van der Waals surface area contributed by atoms with Crippen molar-refractivity contribution in [3.63, 3.8) is 0 Å². The lowest BCUT2D eigenvalue weighted by Crippen LogP contribution is -2.50. The highest BCUT2D eigenvalue weighted by Crippen LogP contribution is 2.27. The first kappa shape index (κ1) is 13.5. The van der Waals surface area contributed by atoms with Gasteiger partial charge in [0.25, 0.3) is 0 Å². The minimum Gasteiger partial charge on any atom is -0.301 e. The minimum atomic E-state index is 0.243. The van der Waals surface area contributed by atoms with Gasteiger partial charge in [-0.2, -0.15) is 5.26 Å². The second-order valence-electron chi connectivity index (χ2n) is 5.81. The van der Waals surface area contributed by atoms with Crippen molar-refractivity contribution in [1.82, 2.24) is 9.80 Å². The van der Waals surface area contributed by atoms with Crippen molar-refractivity contribution in [2.75, 3.05) is 20.1 Å². The van der Waals surface area contributed by atoms with E-state index in [-0.39, 0.29) is 5.54 Å². The van der Waals surface area contributed by atoms with Gasteiger partial charge in [-0.25, -0.2) is 0 Å². The number of hydrogen-bond acceptors (Lipinski definition) is 3. The van der Waals surface area contributed by atoms with Crippen molar-refractivity contribution < 1.29 is 0 Å². The Bertz CT molecular complexity index is 265. The lowest BCUT2D eigenvalue weighted by atomic mass is 9.97. The first-order valence-corrected chi connectivity index (χ1v) is 6.22. The van der Waals surface area contributed by atoms with Gasteiger partial charge in [-0.05, 0) is 47.7 Å². The molecule has 1 saturated heterocycles. The van der Waals surface area contributed by atoms with Crippen LogP contribution in [0.1, 0.15) is 40.5 Å². The molecule has 0 aromatic carbocycles. The number of nitrogens with zero attached hydrogens (tertiary/aromatic N) is 3. The van der Waals surface area contributed by atoms with Gasteiger partial charge >= 0.3 is 0 Å². The summed E-state index contributed by atoms with van der Waals surface area (Å²) in [5, 5.41) is 8.89. The van der Waals surface area contributed by atoms with Crippen LogP contribution in [0.5, 0.6) is 0 Å². The highest BCUT2D eigenvalue weighted by Gasteiger charge is 2.35. The molecule has 0 aromatic heterocycles. The molecule has 16 heavy (non-hydrogen) atoms. The van der Waals surface area contributed by atoms with Gasteiger partial charge in [0, 0.05) is 24.2 Å². The molecule has 1 aliphatic rings. The molecule has 92 valence electrons. The first-order chi connectivity index (χ1) is 7.38. The topological polar surface area (TPSA) is 30.3 Å². The summed E-state index contributed by atoms with van der Waals surface area (Å²) in [6, 6.07) is 3.24. The van der Waals surface area contributed by atoms with E-state index in [1.165, 1.54) is 6.42 Å². The van der Waals surface area contributed by atoms with Crippen LogP contribution in [0, 0.1) is 11.3 Å². The summed E-state index contributed by atoms with van der Waals surface area (Å²) in [6.07, 6.45) is 1.80. The Hall–Kier alpha value is -0.590. The normalized spacial score (nSPS) is 27.7. The van der Waals surface area contributed by atoms with Crippen LogP contribution in [-0.4, -0.2) is 47.6 Å². The predicted octanol–water partition coefficient (Wildman–Crippen LogP) is 2.09. The molecule has 0 radical (unpaired) electrons. The fourth-order valence-corrected chi connectivity index (χ4v) is 2.63. The number of rotatable bonds is 2. The third-order valence-electron chi connectivity index (χ3n) is 3.83. The number of nitriles is 1. The molecule has 3 nitrogen and oxygen atoms in total. The zero-order chi connectivity index (χ0) is 12.3. The van der Waals surface area contributed by atoms with Crippen LogP contribution in [0.2, 0.25) is 0 Å². The first-order valence-electron chi connectivity index (χ1n) is 6.22. The van der Waals surface area contributed by atoms with Gasteiger partial charge in [-0.1, -0.05) is 0 Å². The van der Waals surface area contributed by atoms with E-state index in [0.29, 0.717) is 18.5 Å². The van der Waals surface area contributed by atoms with E-state index in [1.807, 2.05) is 0 Å². The lowest BCUT2D eigenvalue weighted by molar-refractivity contribution is 0.0809. The van der Waals surface area contributed by atoms with Gasteiger partial charge in [0.15, 0.2) is 0 Å². The average molecular weight is 223 g/mol. The molecule has 0 spiro atoms. The van der Waals surface area contributed by atoms with Crippen molar-refractivity contribution in [2.24, 2.45) is 0 Å². The zero-order valence-electron chi connectivity index (χ0n) is 11.3. The number of hydrogen-bond donors (Lipinski definition) is 0. The van der Waals surface area contributed by atoms with Gasteiger partial charge in [-0.3, -0.25) is 4.90 Å². The molecular weight excluding hydrogens is 198 g/mol. The van der Waals surface area contributed by atoms with Crippen LogP contribution < -0.4 is 0 Å². The zero-order valence-corrected chi connectivity index (χ0v) is 11.3. The quantitative estimate of drug-likeness (QED) is 0.718. The Morgan fingerprint density at radius 2 is 2.06 bits per heavy atom. The SMILES string of the molecule is CC(C)N1CC(CC#N)N(C)CCC1(C)C. The summed E-state index contributed by atoms with van der Waals surface area (Å²) in [5.74, 6) is 0.